The van der Waals surface area contributed by atoms with E-state index in [2.05, 4.69) is 24.4 Å². The van der Waals surface area contributed by atoms with Gasteiger partial charge in [-0.05, 0) is 55.0 Å². The van der Waals surface area contributed by atoms with Crippen LogP contribution in [-0.2, 0) is 24.2 Å². The molecule has 0 aliphatic carbocycles. The van der Waals surface area contributed by atoms with Crippen LogP contribution in [-0.4, -0.2) is 27.0 Å². The molecule has 0 saturated heterocycles. The van der Waals surface area contributed by atoms with E-state index in [4.69, 9.17) is 15.1 Å². The fraction of sp³-hybridized carbons (Fsp3) is 0.241. The van der Waals surface area contributed by atoms with Gasteiger partial charge in [0.25, 0.3) is 5.91 Å². The molecule has 0 aliphatic heterocycles. The lowest BCUT2D eigenvalue weighted by molar-refractivity contribution is -0.137. The van der Waals surface area contributed by atoms with E-state index in [-0.39, 0.29) is 12.3 Å². The molecule has 0 aliphatic rings. The number of nitrogens with one attached hydrogen (secondary N) is 1. The summed E-state index contributed by atoms with van der Waals surface area (Å²) in [5.74, 6) is -0.960. The average molecular weight is 468 g/mol. The molecule has 4 rings (SSSR count). The van der Waals surface area contributed by atoms with E-state index in [1.165, 1.54) is 5.56 Å². The van der Waals surface area contributed by atoms with Crippen LogP contribution in [0.4, 0.5) is 0 Å². The molecule has 0 spiro atoms. The molecule has 1 heterocycles. The molecule has 0 radical (unpaired) electrons. The maximum absolute atomic E-state index is 12.8. The van der Waals surface area contributed by atoms with Crippen molar-refractivity contribution in [2.45, 2.75) is 45.6 Å². The maximum atomic E-state index is 12.8. The molecule has 0 unspecified atom stereocenters. The van der Waals surface area contributed by atoms with Gasteiger partial charge in [0.15, 0.2) is 0 Å². The molecule has 2 N–H and O–H groups in total. The second-order valence-electron chi connectivity index (χ2n) is 8.54. The van der Waals surface area contributed by atoms with Crippen molar-refractivity contribution in [3.8, 4) is 11.3 Å². The third-order valence-corrected chi connectivity index (χ3v) is 5.98. The fourth-order valence-corrected chi connectivity index (χ4v) is 3.98. The predicted molar refractivity (Wildman–Crippen MR) is 137 cm³/mol. The number of unbranched alkanes of at least 4 members (excludes halogenated alkanes) is 1. The molecule has 6 heteroatoms. The number of aliphatic carboxylic acids is 1. The third-order valence-electron chi connectivity index (χ3n) is 5.98. The number of hydrogen-bond donors (Lipinski definition) is 2. The topological polar surface area (TPSA) is 92.2 Å². The lowest BCUT2D eigenvalue weighted by atomic mass is 10.0. The number of carboxylic acid groups (broad SMARTS) is 1. The summed E-state index contributed by atoms with van der Waals surface area (Å²) in [6.45, 7) is 2.57. The van der Waals surface area contributed by atoms with Gasteiger partial charge >= 0.3 is 5.97 Å². The highest BCUT2D eigenvalue weighted by Crippen LogP contribution is 2.25. The van der Waals surface area contributed by atoms with Crippen molar-refractivity contribution in [3.63, 3.8) is 0 Å². The first kappa shape index (κ1) is 24.1. The van der Waals surface area contributed by atoms with Crippen LogP contribution in [0.2, 0.25) is 0 Å². The highest BCUT2D eigenvalue weighted by Gasteiger charge is 2.14. The van der Waals surface area contributed by atoms with Crippen molar-refractivity contribution in [2.24, 2.45) is 0 Å². The van der Waals surface area contributed by atoms with Gasteiger partial charge in [0.2, 0.25) is 0 Å². The molecular weight excluding hydrogens is 438 g/mol. The zero-order chi connectivity index (χ0) is 24.6. The van der Waals surface area contributed by atoms with Gasteiger partial charge in [0, 0.05) is 24.1 Å². The normalized spacial score (nSPS) is 10.9. The molecule has 0 bridgehead atoms. The molecule has 1 aromatic heterocycles. The molecular formula is C29H29N3O3. The third kappa shape index (κ3) is 6.29. The van der Waals surface area contributed by atoms with Crippen LogP contribution in [0, 0.1) is 0 Å². The minimum Gasteiger partial charge on any atom is -0.481 e. The Hall–Kier alpha value is -4.06. The number of rotatable bonds is 10. The second-order valence-corrected chi connectivity index (χ2v) is 8.54. The van der Waals surface area contributed by atoms with Crippen LogP contribution < -0.4 is 5.32 Å². The summed E-state index contributed by atoms with van der Waals surface area (Å²) in [6.07, 6.45) is 3.00. The number of aryl methyl sites for hydroxylation is 2. The Morgan fingerprint density at radius 3 is 2.31 bits per heavy atom. The molecule has 0 atom stereocenters. The average Bonchev–Trinajstić information content (AvgIpc) is 2.89. The molecule has 6 nitrogen and oxygen atoms in total. The van der Waals surface area contributed by atoms with Crippen LogP contribution in [0.3, 0.4) is 0 Å². The van der Waals surface area contributed by atoms with Crippen LogP contribution in [0.5, 0.6) is 0 Å². The highest BCUT2D eigenvalue weighted by atomic mass is 16.4. The van der Waals surface area contributed by atoms with Crippen LogP contribution >= 0.6 is 0 Å². The Bertz CT molecular complexity index is 1320. The van der Waals surface area contributed by atoms with Gasteiger partial charge < -0.3 is 10.4 Å². The Balaban J connectivity index is 1.56. The molecule has 0 saturated carbocycles. The summed E-state index contributed by atoms with van der Waals surface area (Å²) in [4.78, 5) is 33.4. The van der Waals surface area contributed by atoms with Crippen molar-refractivity contribution < 1.29 is 14.7 Å². The van der Waals surface area contributed by atoms with E-state index in [0.29, 0.717) is 42.4 Å². The van der Waals surface area contributed by atoms with Gasteiger partial charge in [-0.25, -0.2) is 9.97 Å². The standard InChI is InChI=1S/C29H29N3O3/c1-2-20-12-14-21(15-13-20)19-30-29(35)23-16-17-24-26(18-23)31-25(10-6-7-11-27(33)34)28(32-24)22-8-4-3-5-9-22/h3-5,8-9,12-18H,2,6-7,10-11,19H2,1H3,(H,30,35)(H,33,34). The number of fused-ring (bicyclic) bond motifs is 1. The largest absolute Gasteiger partial charge is 0.481 e. The molecule has 178 valence electrons. The van der Waals surface area contributed by atoms with Crippen LogP contribution in [0.1, 0.15) is 53.4 Å². The zero-order valence-electron chi connectivity index (χ0n) is 19.8. The van der Waals surface area contributed by atoms with Gasteiger partial charge in [-0.1, -0.05) is 61.5 Å². The number of carbonyl (C=O) groups excluding carboxylic acids is 1. The van der Waals surface area contributed by atoms with Gasteiger partial charge in [0.05, 0.1) is 22.4 Å². The summed E-state index contributed by atoms with van der Waals surface area (Å²) in [7, 11) is 0. The minimum atomic E-state index is -0.796. The fourth-order valence-electron chi connectivity index (χ4n) is 3.98. The van der Waals surface area contributed by atoms with E-state index >= 15 is 0 Å². The van der Waals surface area contributed by atoms with Crippen LogP contribution in [0.25, 0.3) is 22.3 Å². The number of carbonyl (C=O) groups is 2. The monoisotopic (exact) mass is 467 g/mol. The summed E-state index contributed by atoms with van der Waals surface area (Å²) in [5, 5.41) is 11.9. The molecule has 0 fully saturated rings. The number of aromatic nitrogens is 2. The van der Waals surface area contributed by atoms with E-state index < -0.39 is 5.97 Å². The molecule has 1 amide bonds. The lowest BCUT2D eigenvalue weighted by Gasteiger charge is -2.11. The number of hydrogen-bond acceptors (Lipinski definition) is 4. The van der Waals surface area contributed by atoms with Gasteiger partial charge in [-0.15, -0.1) is 0 Å². The minimum absolute atomic E-state index is 0.132. The second kappa shape index (κ2) is 11.4. The quantitative estimate of drug-likeness (QED) is 0.297. The smallest absolute Gasteiger partial charge is 0.303 e. The first-order valence-corrected chi connectivity index (χ1v) is 12.0. The van der Waals surface area contributed by atoms with E-state index in [0.717, 1.165) is 28.9 Å². The van der Waals surface area contributed by atoms with E-state index in [1.807, 2.05) is 48.5 Å². The number of benzene rings is 3. The maximum Gasteiger partial charge on any atom is 0.303 e. The van der Waals surface area contributed by atoms with Crippen LogP contribution in [0.15, 0.2) is 72.8 Å². The highest BCUT2D eigenvalue weighted by molar-refractivity contribution is 5.97. The summed E-state index contributed by atoms with van der Waals surface area (Å²) < 4.78 is 0. The zero-order valence-corrected chi connectivity index (χ0v) is 19.8. The lowest BCUT2D eigenvalue weighted by Crippen LogP contribution is -2.22. The van der Waals surface area contributed by atoms with Gasteiger partial charge in [-0.3, -0.25) is 9.59 Å². The predicted octanol–water partition coefficient (Wildman–Crippen LogP) is 5.59. The molecule has 4 aromatic rings. The summed E-state index contributed by atoms with van der Waals surface area (Å²) >= 11 is 0. The van der Waals surface area contributed by atoms with Crippen molar-refractivity contribution in [2.75, 3.05) is 0 Å². The first-order valence-electron chi connectivity index (χ1n) is 12.0. The molecule has 3 aromatic carbocycles. The Kier molecular flexibility index (Phi) is 7.83. The number of amides is 1. The Morgan fingerprint density at radius 1 is 0.857 bits per heavy atom. The first-order chi connectivity index (χ1) is 17.0. The summed E-state index contributed by atoms with van der Waals surface area (Å²) in [6, 6.07) is 23.4. The van der Waals surface area contributed by atoms with Crippen molar-refractivity contribution in [1.82, 2.24) is 15.3 Å². The van der Waals surface area contributed by atoms with Gasteiger partial charge in [0.1, 0.15) is 0 Å². The number of nitrogens with zero attached hydrogens (tertiary/aromatic N) is 2. The molecule has 35 heavy (non-hydrogen) atoms. The van der Waals surface area contributed by atoms with Gasteiger partial charge in [-0.2, -0.15) is 0 Å². The van der Waals surface area contributed by atoms with Crippen molar-refractivity contribution in [1.29, 1.82) is 0 Å². The van der Waals surface area contributed by atoms with Crippen molar-refractivity contribution in [3.05, 3.63) is 95.2 Å². The van der Waals surface area contributed by atoms with E-state index in [1.54, 1.807) is 12.1 Å². The number of carboxylic acids is 1. The van der Waals surface area contributed by atoms with Crippen molar-refractivity contribution >= 4 is 22.9 Å². The Morgan fingerprint density at radius 2 is 1.60 bits per heavy atom. The van der Waals surface area contributed by atoms with E-state index in [9.17, 15) is 9.59 Å². The summed E-state index contributed by atoms with van der Waals surface area (Å²) in [5.41, 5.74) is 6.77. The SMILES string of the molecule is CCc1ccc(CNC(=O)c2ccc3nc(-c4ccccc4)c(CCCCC(=O)O)nc3c2)cc1. The Labute approximate surface area is 205 Å².